The Hall–Kier alpha value is -3.80. The number of benzene rings is 3. The zero-order valence-corrected chi connectivity index (χ0v) is 16.6. The molecule has 2 atom stereocenters. The van der Waals surface area contributed by atoms with Gasteiger partial charge in [0.15, 0.2) is 0 Å². The molecule has 5 rings (SSSR count). The van der Waals surface area contributed by atoms with Gasteiger partial charge in [-0.3, -0.25) is 10.1 Å². The Morgan fingerprint density at radius 1 is 1.07 bits per heavy atom. The fourth-order valence-electron chi connectivity index (χ4n) is 4.80. The second-order valence-corrected chi connectivity index (χ2v) is 7.86. The van der Waals surface area contributed by atoms with Gasteiger partial charge < -0.3 is 14.7 Å². The lowest BCUT2D eigenvalue weighted by atomic mass is 9.69. The van der Waals surface area contributed by atoms with E-state index in [0.717, 1.165) is 16.8 Å². The Balaban J connectivity index is 1.74. The third-order valence-electron chi connectivity index (χ3n) is 6.40. The molecule has 30 heavy (non-hydrogen) atoms. The van der Waals surface area contributed by atoms with E-state index in [4.69, 9.17) is 4.74 Å². The van der Waals surface area contributed by atoms with Crippen molar-refractivity contribution < 1.29 is 14.8 Å². The van der Waals surface area contributed by atoms with Crippen molar-refractivity contribution in [2.75, 3.05) is 11.9 Å². The summed E-state index contributed by atoms with van der Waals surface area (Å²) in [5.41, 5.74) is 2.15. The highest BCUT2D eigenvalue weighted by Gasteiger charge is 2.61. The van der Waals surface area contributed by atoms with Crippen LogP contribution in [0, 0.1) is 10.1 Å². The zero-order chi connectivity index (χ0) is 21.1. The van der Waals surface area contributed by atoms with Crippen LogP contribution in [0.1, 0.15) is 23.6 Å². The molecule has 3 aromatic rings. The second-order valence-electron chi connectivity index (χ2n) is 7.86. The van der Waals surface area contributed by atoms with E-state index in [1.807, 2.05) is 49.5 Å². The lowest BCUT2D eigenvalue weighted by molar-refractivity contribution is -0.384. The SMILES string of the molecule is CN1c2ccccc2C(C)(c2cccc(O)c2)C12C=Cc1cc([N+](=O)[O-])ccc1O2. The molecule has 2 heterocycles. The first-order valence-corrected chi connectivity index (χ1v) is 9.66. The summed E-state index contributed by atoms with van der Waals surface area (Å²) in [7, 11) is 1.98. The number of nitrogens with zero attached hydrogens (tertiary/aromatic N) is 2. The topological polar surface area (TPSA) is 75.8 Å². The number of hydrogen-bond donors (Lipinski definition) is 1. The maximum atomic E-state index is 11.2. The van der Waals surface area contributed by atoms with Gasteiger partial charge in [-0.25, -0.2) is 0 Å². The number of rotatable bonds is 2. The fraction of sp³-hybridized carbons (Fsp3) is 0.167. The molecular weight excluding hydrogens is 380 g/mol. The van der Waals surface area contributed by atoms with Crippen LogP contribution in [0.5, 0.6) is 11.5 Å². The lowest BCUT2D eigenvalue weighted by Crippen LogP contribution is -2.59. The Morgan fingerprint density at radius 3 is 2.63 bits per heavy atom. The Kier molecular flexibility index (Phi) is 3.71. The molecule has 0 amide bonds. The smallest absolute Gasteiger partial charge is 0.270 e. The molecule has 6 nitrogen and oxygen atoms in total. The van der Waals surface area contributed by atoms with Gasteiger partial charge in [-0.15, -0.1) is 0 Å². The van der Waals surface area contributed by atoms with Gasteiger partial charge in [0.05, 0.1) is 10.3 Å². The monoisotopic (exact) mass is 400 g/mol. The van der Waals surface area contributed by atoms with E-state index in [1.54, 1.807) is 18.2 Å². The van der Waals surface area contributed by atoms with Crippen molar-refractivity contribution in [2.24, 2.45) is 0 Å². The van der Waals surface area contributed by atoms with E-state index < -0.39 is 16.1 Å². The normalized spacial score (nSPS) is 23.7. The molecule has 0 aromatic heterocycles. The summed E-state index contributed by atoms with van der Waals surface area (Å²) in [6.45, 7) is 2.10. The molecule has 0 bridgehead atoms. The van der Waals surface area contributed by atoms with Crippen molar-refractivity contribution in [1.29, 1.82) is 0 Å². The van der Waals surface area contributed by atoms with Gasteiger partial charge in [0.2, 0.25) is 5.72 Å². The molecule has 0 fully saturated rings. The van der Waals surface area contributed by atoms with Crippen LogP contribution < -0.4 is 9.64 Å². The van der Waals surface area contributed by atoms with E-state index in [9.17, 15) is 15.2 Å². The summed E-state index contributed by atoms with van der Waals surface area (Å²) in [4.78, 5) is 12.8. The first-order chi connectivity index (χ1) is 14.4. The van der Waals surface area contributed by atoms with Crippen molar-refractivity contribution in [1.82, 2.24) is 0 Å². The van der Waals surface area contributed by atoms with Crippen molar-refractivity contribution in [3.05, 3.63) is 99.6 Å². The van der Waals surface area contributed by atoms with Gasteiger partial charge >= 0.3 is 0 Å². The summed E-state index contributed by atoms with van der Waals surface area (Å²) in [6, 6.07) is 20.0. The van der Waals surface area contributed by atoms with E-state index in [2.05, 4.69) is 17.9 Å². The minimum Gasteiger partial charge on any atom is -0.508 e. The largest absolute Gasteiger partial charge is 0.508 e. The van der Waals surface area contributed by atoms with Crippen LogP contribution in [0.3, 0.4) is 0 Å². The maximum absolute atomic E-state index is 11.2. The number of phenols is 1. The summed E-state index contributed by atoms with van der Waals surface area (Å²) in [5, 5.41) is 21.4. The number of likely N-dealkylation sites (N-methyl/N-ethyl adjacent to an activating group) is 1. The van der Waals surface area contributed by atoms with Crippen LogP contribution in [0.4, 0.5) is 11.4 Å². The van der Waals surface area contributed by atoms with Crippen molar-refractivity contribution in [3.63, 3.8) is 0 Å². The molecule has 2 aliphatic heterocycles. The van der Waals surface area contributed by atoms with E-state index in [1.165, 1.54) is 12.1 Å². The van der Waals surface area contributed by atoms with Crippen LogP contribution >= 0.6 is 0 Å². The molecule has 150 valence electrons. The number of phenolic OH excluding ortho intramolecular Hbond substituents is 1. The quantitative estimate of drug-likeness (QED) is 0.491. The Morgan fingerprint density at radius 2 is 1.87 bits per heavy atom. The highest BCUT2D eigenvalue weighted by atomic mass is 16.6. The predicted molar refractivity (Wildman–Crippen MR) is 115 cm³/mol. The van der Waals surface area contributed by atoms with E-state index in [0.29, 0.717) is 11.3 Å². The minimum absolute atomic E-state index is 0.0248. The van der Waals surface area contributed by atoms with Crippen LogP contribution in [-0.2, 0) is 5.41 Å². The summed E-state index contributed by atoms with van der Waals surface area (Å²) in [6.07, 6.45) is 3.85. The number of fused-ring (bicyclic) bond motifs is 2. The van der Waals surface area contributed by atoms with E-state index in [-0.39, 0.29) is 11.4 Å². The molecule has 0 saturated carbocycles. The average Bonchev–Trinajstić information content (AvgIpc) is 2.94. The predicted octanol–water partition coefficient (Wildman–Crippen LogP) is 4.86. The van der Waals surface area contributed by atoms with Crippen LogP contribution in [-0.4, -0.2) is 22.8 Å². The second kappa shape index (κ2) is 6.10. The van der Waals surface area contributed by atoms with Crippen molar-refractivity contribution in [3.8, 4) is 11.5 Å². The summed E-state index contributed by atoms with van der Waals surface area (Å²) < 4.78 is 6.65. The number of aromatic hydroxyl groups is 1. The first-order valence-electron chi connectivity index (χ1n) is 9.66. The van der Waals surface area contributed by atoms with Gasteiger partial charge in [-0.05, 0) is 54.5 Å². The highest BCUT2D eigenvalue weighted by molar-refractivity contribution is 5.75. The molecular formula is C24H20N2O4. The van der Waals surface area contributed by atoms with Gasteiger partial charge in [-0.2, -0.15) is 0 Å². The van der Waals surface area contributed by atoms with Gasteiger partial charge in [0.1, 0.15) is 11.5 Å². The number of hydrogen-bond acceptors (Lipinski definition) is 5. The molecule has 0 aliphatic carbocycles. The molecule has 6 heteroatoms. The molecule has 1 spiro atoms. The lowest BCUT2D eigenvalue weighted by Gasteiger charge is -2.47. The molecule has 1 N–H and O–H groups in total. The number of non-ortho nitro benzene ring substituents is 1. The number of anilines is 1. The minimum atomic E-state index is -0.909. The van der Waals surface area contributed by atoms with Crippen LogP contribution in [0.15, 0.2) is 72.8 Å². The number of ether oxygens (including phenoxy) is 1. The van der Waals surface area contributed by atoms with Crippen molar-refractivity contribution in [2.45, 2.75) is 18.1 Å². The Labute approximate surface area is 173 Å². The first kappa shape index (κ1) is 18.2. The van der Waals surface area contributed by atoms with Gasteiger partial charge in [0.25, 0.3) is 5.69 Å². The van der Waals surface area contributed by atoms with E-state index >= 15 is 0 Å². The molecule has 0 saturated heterocycles. The number of para-hydroxylation sites is 1. The van der Waals surface area contributed by atoms with Crippen LogP contribution in [0.2, 0.25) is 0 Å². The maximum Gasteiger partial charge on any atom is 0.270 e. The van der Waals surface area contributed by atoms with Crippen LogP contribution in [0.25, 0.3) is 6.08 Å². The number of nitro groups is 1. The third-order valence-corrected chi connectivity index (χ3v) is 6.40. The molecule has 3 aromatic carbocycles. The Bertz CT molecular complexity index is 1220. The summed E-state index contributed by atoms with van der Waals surface area (Å²) in [5.74, 6) is 0.765. The third kappa shape index (κ3) is 2.24. The highest BCUT2D eigenvalue weighted by Crippen LogP contribution is 2.57. The molecule has 2 aliphatic rings. The molecule has 0 radical (unpaired) electrons. The standard InChI is InChI=1S/C24H20N2O4/c1-23(17-6-5-7-19(27)15-17)20-8-3-4-9-21(20)25(2)24(23)13-12-16-14-18(26(28)29)10-11-22(16)30-24/h3-15,27H,1-2H3. The zero-order valence-electron chi connectivity index (χ0n) is 16.6. The average molecular weight is 400 g/mol. The fourth-order valence-corrected chi connectivity index (χ4v) is 4.80. The molecule has 2 unspecified atom stereocenters. The summed E-state index contributed by atoms with van der Waals surface area (Å²) >= 11 is 0. The number of nitro benzene ring substituents is 1. The van der Waals surface area contributed by atoms with Gasteiger partial charge in [0, 0.05) is 30.4 Å². The van der Waals surface area contributed by atoms with Crippen molar-refractivity contribution >= 4 is 17.5 Å². The van der Waals surface area contributed by atoms with Gasteiger partial charge in [-0.1, -0.05) is 30.3 Å².